The smallest absolute Gasteiger partial charge is 0.251 e. The summed E-state index contributed by atoms with van der Waals surface area (Å²) < 4.78 is 0. The molecule has 1 amide bonds. The van der Waals surface area contributed by atoms with Crippen molar-refractivity contribution in [2.24, 2.45) is 0 Å². The first-order chi connectivity index (χ1) is 10.0. The van der Waals surface area contributed by atoms with Crippen LogP contribution < -0.4 is 5.32 Å². The lowest BCUT2D eigenvalue weighted by atomic mass is 10.1. The fourth-order valence-corrected chi connectivity index (χ4v) is 2.18. The molecule has 0 fully saturated rings. The number of nitrogens with one attached hydrogen (secondary N) is 1. The van der Waals surface area contributed by atoms with Crippen molar-refractivity contribution in [1.29, 1.82) is 5.26 Å². The number of rotatable bonds is 3. The van der Waals surface area contributed by atoms with Gasteiger partial charge in [0, 0.05) is 5.56 Å². The van der Waals surface area contributed by atoms with Crippen LogP contribution in [0.2, 0.25) is 10.0 Å². The maximum atomic E-state index is 12.2. The molecule has 0 radical (unpaired) electrons. The third-order valence-corrected chi connectivity index (χ3v) is 3.78. The largest absolute Gasteiger partial charge is 0.346 e. The highest BCUT2D eigenvalue weighted by Crippen LogP contribution is 2.25. The molecule has 0 saturated carbocycles. The number of benzene rings is 2. The molecule has 3 nitrogen and oxygen atoms in total. The molecule has 5 heteroatoms. The number of nitriles is 1. The van der Waals surface area contributed by atoms with E-state index in [9.17, 15) is 4.79 Å². The third-order valence-electron chi connectivity index (χ3n) is 3.05. The second-order valence-electron chi connectivity index (χ2n) is 4.56. The van der Waals surface area contributed by atoms with Crippen LogP contribution in [0, 0.1) is 11.3 Å². The Kier molecular flexibility index (Phi) is 4.85. The molecule has 0 spiro atoms. The summed E-state index contributed by atoms with van der Waals surface area (Å²) >= 11 is 11.8. The zero-order valence-electron chi connectivity index (χ0n) is 11.2. The first-order valence-corrected chi connectivity index (χ1v) is 7.03. The number of carbonyl (C=O) groups excluding carboxylic acids is 1. The highest BCUT2D eigenvalue weighted by Gasteiger charge is 2.13. The van der Waals surface area contributed by atoms with Gasteiger partial charge in [0.1, 0.15) is 0 Å². The Hall–Kier alpha value is -2.02. The molecule has 0 saturated heterocycles. The van der Waals surface area contributed by atoms with Gasteiger partial charge in [0.15, 0.2) is 0 Å². The lowest BCUT2D eigenvalue weighted by molar-refractivity contribution is 0.0940. The summed E-state index contributed by atoms with van der Waals surface area (Å²) in [6.45, 7) is 1.85. The van der Waals surface area contributed by atoms with E-state index in [-0.39, 0.29) is 11.9 Å². The number of halogens is 2. The summed E-state index contributed by atoms with van der Waals surface area (Å²) in [5.41, 5.74) is 1.75. The average molecular weight is 319 g/mol. The number of amides is 1. The van der Waals surface area contributed by atoms with Gasteiger partial charge >= 0.3 is 0 Å². The van der Waals surface area contributed by atoms with Crippen LogP contribution in [0.1, 0.15) is 34.5 Å². The zero-order chi connectivity index (χ0) is 15.4. The second kappa shape index (κ2) is 6.62. The molecule has 2 aromatic carbocycles. The first kappa shape index (κ1) is 15.4. The third kappa shape index (κ3) is 3.75. The molecule has 0 aliphatic carbocycles. The van der Waals surface area contributed by atoms with Crippen LogP contribution in [0.15, 0.2) is 42.5 Å². The van der Waals surface area contributed by atoms with Gasteiger partial charge in [-0.05, 0) is 42.8 Å². The van der Waals surface area contributed by atoms with Gasteiger partial charge in [-0.15, -0.1) is 0 Å². The van der Waals surface area contributed by atoms with Crippen molar-refractivity contribution in [3.63, 3.8) is 0 Å². The zero-order valence-corrected chi connectivity index (χ0v) is 12.7. The van der Waals surface area contributed by atoms with Crippen LogP contribution in [-0.2, 0) is 0 Å². The van der Waals surface area contributed by atoms with Gasteiger partial charge in [-0.1, -0.05) is 35.3 Å². The fraction of sp³-hybridized carbons (Fsp3) is 0.125. The molecule has 21 heavy (non-hydrogen) atoms. The Morgan fingerprint density at radius 1 is 1.19 bits per heavy atom. The van der Waals surface area contributed by atoms with Crippen molar-refractivity contribution < 1.29 is 4.79 Å². The first-order valence-electron chi connectivity index (χ1n) is 6.27. The topological polar surface area (TPSA) is 52.9 Å². The van der Waals surface area contributed by atoms with Crippen LogP contribution in [0.25, 0.3) is 0 Å². The lowest BCUT2D eigenvalue weighted by Gasteiger charge is -2.15. The summed E-state index contributed by atoms with van der Waals surface area (Å²) in [7, 11) is 0. The van der Waals surface area contributed by atoms with Crippen molar-refractivity contribution in [2.45, 2.75) is 13.0 Å². The van der Waals surface area contributed by atoms with E-state index >= 15 is 0 Å². The highest BCUT2D eigenvalue weighted by atomic mass is 35.5. The van der Waals surface area contributed by atoms with E-state index in [0.29, 0.717) is 21.2 Å². The molecule has 0 unspecified atom stereocenters. The van der Waals surface area contributed by atoms with Crippen LogP contribution >= 0.6 is 23.2 Å². The minimum atomic E-state index is -0.245. The van der Waals surface area contributed by atoms with Crippen molar-refractivity contribution in [3.8, 4) is 6.07 Å². The van der Waals surface area contributed by atoms with Crippen LogP contribution in [0.3, 0.4) is 0 Å². The van der Waals surface area contributed by atoms with Crippen molar-refractivity contribution in [1.82, 2.24) is 5.32 Å². The minimum Gasteiger partial charge on any atom is -0.346 e. The van der Waals surface area contributed by atoms with Gasteiger partial charge in [0.25, 0.3) is 5.91 Å². The van der Waals surface area contributed by atoms with Crippen molar-refractivity contribution in [3.05, 3.63) is 69.2 Å². The summed E-state index contributed by atoms with van der Waals surface area (Å²) in [6.07, 6.45) is 0. The average Bonchev–Trinajstić information content (AvgIpc) is 2.49. The van der Waals surface area contributed by atoms with Gasteiger partial charge in [-0.3, -0.25) is 4.79 Å². The summed E-state index contributed by atoms with van der Waals surface area (Å²) in [5, 5.41) is 12.6. The van der Waals surface area contributed by atoms with Crippen LogP contribution in [-0.4, -0.2) is 5.91 Å². The Morgan fingerprint density at radius 2 is 1.95 bits per heavy atom. The van der Waals surface area contributed by atoms with Crippen molar-refractivity contribution >= 4 is 29.1 Å². The number of carbonyl (C=O) groups is 1. The maximum absolute atomic E-state index is 12.2. The molecule has 0 aliphatic heterocycles. The molecule has 0 aliphatic rings. The lowest BCUT2D eigenvalue weighted by Crippen LogP contribution is -2.26. The normalized spacial score (nSPS) is 11.5. The second-order valence-corrected chi connectivity index (χ2v) is 5.38. The molecule has 106 valence electrons. The van der Waals surface area contributed by atoms with E-state index in [4.69, 9.17) is 28.5 Å². The maximum Gasteiger partial charge on any atom is 0.251 e. The fourth-order valence-electron chi connectivity index (χ4n) is 1.88. The number of hydrogen-bond donors (Lipinski definition) is 1. The summed E-state index contributed by atoms with van der Waals surface area (Å²) in [4.78, 5) is 12.2. The molecule has 0 heterocycles. The quantitative estimate of drug-likeness (QED) is 0.914. The van der Waals surface area contributed by atoms with Gasteiger partial charge in [-0.2, -0.15) is 5.26 Å². The predicted octanol–water partition coefficient (Wildman–Crippen LogP) is 4.36. The Morgan fingerprint density at radius 3 is 2.62 bits per heavy atom. The van der Waals surface area contributed by atoms with Gasteiger partial charge in [0.05, 0.1) is 27.7 Å². The monoisotopic (exact) mass is 318 g/mol. The molecule has 0 aromatic heterocycles. The molecule has 1 N–H and O–H groups in total. The number of nitrogens with zero attached hydrogens (tertiary/aromatic N) is 1. The number of hydrogen-bond acceptors (Lipinski definition) is 2. The van der Waals surface area contributed by atoms with Gasteiger partial charge in [0.2, 0.25) is 0 Å². The van der Waals surface area contributed by atoms with Gasteiger partial charge < -0.3 is 5.32 Å². The van der Waals surface area contributed by atoms with E-state index in [1.54, 1.807) is 36.4 Å². The van der Waals surface area contributed by atoms with E-state index in [1.165, 1.54) is 0 Å². The SMILES string of the molecule is C[C@@H](NC(=O)c1cccc(C#N)c1)c1ccc(Cl)c(Cl)c1. The molecule has 2 rings (SSSR count). The Balaban J connectivity index is 2.14. The molecule has 2 aromatic rings. The van der Waals surface area contributed by atoms with E-state index < -0.39 is 0 Å². The Bertz CT molecular complexity index is 722. The summed E-state index contributed by atoms with van der Waals surface area (Å²) in [6, 6.07) is 13.6. The van der Waals surface area contributed by atoms with Crippen LogP contribution in [0.5, 0.6) is 0 Å². The molecule has 0 bridgehead atoms. The summed E-state index contributed by atoms with van der Waals surface area (Å²) in [5.74, 6) is -0.245. The highest BCUT2D eigenvalue weighted by molar-refractivity contribution is 6.42. The standard InChI is InChI=1S/C16H12Cl2N2O/c1-10(12-5-6-14(17)15(18)8-12)20-16(21)13-4-2-3-11(7-13)9-19/h2-8,10H,1H3,(H,20,21)/t10-/m1/s1. The van der Waals surface area contributed by atoms with E-state index in [0.717, 1.165) is 5.56 Å². The van der Waals surface area contributed by atoms with Crippen molar-refractivity contribution in [2.75, 3.05) is 0 Å². The van der Waals surface area contributed by atoms with Crippen LogP contribution in [0.4, 0.5) is 0 Å². The molecular formula is C16H12Cl2N2O. The van der Waals surface area contributed by atoms with Gasteiger partial charge in [-0.25, -0.2) is 0 Å². The molecule has 1 atom stereocenters. The predicted molar refractivity (Wildman–Crippen MR) is 83.5 cm³/mol. The Labute approximate surface area is 133 Å². The van der Waals surface area contributed by atoms with E-state index in [1.807, 2.05) is 19.1 Å². The van der Waals surface area contributed by atoms with E-state index in [2.05, 4.69) is 5.32 Å². The molecular weight excluding hydrogens is 307 g/mol. The minimum absolute atomic E-state index is 0.224.